The van der Waals surface area contributed by atoms with Gasteiger partial charge in [0.15, 0.2) is 0 Å². The van der Waals surface area contributed by atoms with Gasteiger partial charge in [0, 0.05) is 19.5 Å². The molecule has 0 spiro atoms. The Bertz CT molecular complexity index is 482. The van der Waals surface area contributed by atoms with Crippen LogP contribution in [0.3, 0.4) is 0 Å². The lowest BCUT2D eigenvalue weighted by atomic mass is 9.81. The molecular weight excluding hydrogens is 286 g/mol. The number of carbonyl (C=O) groups is 1. The van der Waals surface area contributed by atoms with E-state index in [0.717, 1.165) is 18.4 Å². The van der Waals surface area contributed by atoms with Gasteiger partial charge < -0.3 is 9.64 Å². The van der Waals surface area contributed by atoms with E-state index in [4.69, 9.17) is 4.74 Å². The minimum Gasteiger partial charge on any atom is -0.438 e. The summed E-state index contributed by atoms with van der Waals surface area (Å²) in [5.41, 5.74) is 0.402. The molecule has 0 saturated heterocycles. The summed E-state index contributed by atoms with van der Waals surface area (Å²) in [6.45, 7) is 13.5. The largest absolute Gasteiger partial charge is 0.438 e. The van der Waals surface area contributed by atoms with Crippen LogP contribution in [-0.2, 0) is 10.3 Å². The lowest BCUT2D eigenvalue weighted by Crippen LogP contribution is -2.40. The van der Waals surface area contributed by atoms with Gasteiger partial charge in [-0.05, 0) is 31.7 Å². The van der Waals surface area contributed by atoms with Crippen LogP contribution in [0.1, 0.15) is 52.5 Å². The number of benzene rings is 1. The third-order valence-corrected chi connectivity index (χ3v) is 4.45. The summed E-state index contributed by atoms with van der Waals surface area (Å²) in [6.07, 6.45) is 4.07. The zero-order chi connectivity index (χ0) is 17.3. The van der Waals surface area contributed by atoms with E-state index in [-0.39, 0.29) is 6.09 Å². The van der Waals surface area contributed by atoms with Crippen molar-refractivity contribution in [3.05, 3.63) is 48.6 Å². The smallest absolute Gasteiger partial charge is 0.410 e. The molecule has 1 rings (SSSR count). The van der Waals surface area contributed by atoms with Gasteiger partial charge in [-0.1, -0.05) is 56.7 Å². The lowest BCUT2D eigenvalue weighted by Gasteiger charge is -2.37. The SMILES string of the molecule is C=CCC(CC(C)CC)(OC(=O)N(CC)CC)c1ccccc1. The van der Waals surface area contributed by atoms with E-state index >= 15 is 0 Å². The number of amides is 1. The highest BCUT2D eigenvalue weighted by atomic mass is 16.6. The van der Waals surface area contributed by atoms with E-state index < -0.39 is 5.60 Å². The lowest BCUT2D eigenvalue weighted by molar-refractivity contribution is -0.0260. The number of carbonyl (C=O) groups excluding carboxylic acids is 1. The topological polar surface area (TPSA) is 29.5 Å². The van der Waals surface area contributed by atoms with Gasteiger partial charge in [0.2, 0.25) is 0 Å². The molecule has 3 nitrogen and oxygen atoms in total. The maximum absolute atomic E-state index is 12.6. The van der Waals surface area contributed by atoms with Crippen LogP contribution < -0.4 is 0 Å². The average Bonchev–Trinajstić information content (AvgIpc) is 2.56. The molecule has 0 fully saturated rings. The Morgan fingerprint density at radius 3 is 2.35 bits per heavy atom. The Balaban J connectivity index is 3.21. The minimum absolute atomic E-state index is 0.246. The number of nitrogens with zero attached hydrogens (tertiary/aromatic N) is 1. The van der Waals surface area contributed by atoms with E-state index in [1.807, 2.05) is 50.3 Å². The Kier molecular flexibility index (Phi) is 7.87. The van der Waals surface area contributed by atoms with Gasteiger partial charge in [0.25, 0.3) is 0 Å². The average molecular weight is 317 g/mol. The van der Waals surface area contributed by atoms with E-state index in [0.29, 0.717) is 25.4 Å². The minimum atomic E-state index is -0.641. The molecule has 128 valence electrons. The first-order chi connectivity index (χ1) is 11.0. The molecule has 1 aromatic carbocycles. The molecular formula is C20H31NO2. The van der Waals surface area contributed by atoms with Crippen LogP contribution >= 0.6 is 0 Å². The van der Waals surface area contributed by atoms with E-state index in [1.54, 1.807) is 4.90 Å². The molecule has 0 aromatic heterocycles. The second-order valence-corrected chi connectivity index (χ2v) is 6.11. The predicted molar refractivity (Wildman–Crippen MR) is 96.4 cm³/mol. The summed E-state index contributed by atoms with van der Waals surface area (Å²) in [7, 11) is 0. The number of rotatable bonds is 9. The summed E-state index contributed by atoms with van der Waals surface area (Å²) in [5.74, 6) is 0.458. The van der Waals surface area contributed by atoms with Crippen molar-refractivity contribution in [2.75, 3.05) is 13.1 Å². The third kappa shape index (κ3) is 5.12. The molecule has 2 unspecified atom stereocenters. The van der Waals surface area contributed by atoms with E-state index in [2.05, 4.69) is 20.4 Å². The van der Waals surface area contributed by atoms with Crippen LogP contribution in [-0.4, -0.2) is 24.1 Å². The van der Waals surface area contributed by atoms with Crippen molar-refractivity contribution < 1.29 is 9.53 Å². The highest BCUT2D eigenvalue weighted by Gasteiger charge is 2.37. The predicted octanol–water partition coefficient (Wildman–Crippen LogP) is 5.37. The van der Waals surface area contributed by atoms with Gasteiger partial charge in [-0.2, -0.15) is 0 Å². The highest BCUT2D eigenvalue weighted by Crippen LogP contribution is 2.38. The van der Waals surface area contributed by atoms with Crippen molar-refractivity contribution >= 4 is 6.09 Å². The monoisotopic (exact) mass is 317 g/mol. The fourth-order valence-electron chi connectivity index (χ4n) is 2.86. The van der Waals surface area contributed by atoms with Crippen LogP contribution in [0.5, 0.6) is 0 Å². The molecule has 1 aromatic rings. The maximum Gasteiger partial charge on any atom is 0.410 e. The number of hydrogen-bond donors (Lipinski definition) is 0. The molecule has 3 heteroatoms. The zero-order valence-electron chi connectivity index (χ0n) is 15.0. The highest BCUT2D eigenvalue weighted by molar-refractivity contribution is 5.68. The summed E-state index contributed by atoms with van der Waals surface area (Å²) >= 11 is 0. The Morgan fingerprint density at radius 2 is 1.87 bits per heavy atom. The second-order valence-electron chi connectivity index (χ2n) is 6.11. The normalized spacial score (nSPS) is 14.6. The summed E-state index contributed by atoms with van der Waals surface area (Å²) in [6, 6.07) is 10.1. The quantitative estimate of drug-likeness (QED) is 0.573. The van der Waals surface area contributed by atoms with Crippen molar-refractivity contribution in [2.45, 2.75) is 52.6 Å². The Labute approximate surface area is 141 Å². The first kappa shape index (κ1) is 19.3. The zero-order valence-corrected chi connectivity index (χ0v) is 15.0. The molecule has 23 heavy (non-hydrogen) atoms. The van der Waals surface area contributed by atoms with Crippen molar-refractivity contribution in [3.63, 3.8) is 0 Å². The van der Waals surface area contributed by atoms with Gasteiger partial charge in [-0.25, -0.2) is 4.79 Å². The standard InChI is InChI=1S/C20H31NO2/c1-6-15-20(16-17(5)7-2,18-13-11-10-12-14-18)23-19(22)21(8-3)9-4/h6,10-14,17H,1,7-9,15-16H2,2-5H3. The van der Waals surface area contributed by atoms with Crippen molar-refractivity contribution in [3.8, 4) is 0 Å². The second kappa shape index (κ2) is 9.39. The molecule has 0 heterocycles. The molecule has 2 atom stereocenters. The van der Waals surface area contributed by atoms with Crippen LogP contribution in [0.25, 0.3) is 0 Å². The summed E-state index contributed by atoms with van der Waals surface area (Å²) in [4.78, 5) is 14.3. The Hall–Kier alpha value is -1.77. The number of ether oxygens (including phenoxy) is 1. The summed E-state index contributed by atoms with van der Waals surface area (Å²) in [5, 5.41) is 0. The maximum atomic E-state index is 12.6. The van der Waals surface area contributed by atoms with Crippen LogP contribution in [0.2, 0.25) is 0 Å². The first-order valence-electron chi connectivity index (χ1n) is 8.67. The van der Waals surface area contributed by atoms with E-state index in [9.17, 15) is 4.79 Å². The van der Waals surface area contributed by atoms with Crippen LogP contribution in [0, 0.1) is 5.92 Å². The van der Waals surface area contributed by atoms with Crippen LogP contribution in [0.15, 0.2) is 43.0 Å². The molecule has 1 amide bonds. The van der Waals surface area contributed by atoms with Crippen molar-refractivity contribution in [1.29, 1.82) is 0 Å². The van der Waals surface area contributed by atoms with Crippen molar-refractivity contribution in [1.82, 2.24) is 4.90 Å². The molecule has 0 aliphatic heterocycles. The van der Waals surface area contributed by atoms with Gasteiger partial charge in [0.1, 0.15) is 5.60 Å². The first-order valence-corrected chi connectivity index (χ1v) is 8.67. The van der Waals surface area contributed by atoms with Gasteiger partial charge in [0.05, 0.1) is 0 Å². The van der Waals surface area contributed by atoms with Crippen molar-refractivity contribution in [2.24, 2.45) is 5.92 Å². The van der Waals surface area contributed by atoms with Gasteiger partial charge in [-0.3, -0.25) is 0 Å². The van der Waals surface area contributed by atoms with E-state index in [1.165, 1.54) is 0 Å². The molecule has 0 bridgehead atoms. The van der Waals surface area contributed by atoms with Gasteiger partial charge in [-0.15, -0.1) is 6.58 Å². The third-order valence-electron chi connectivity index (χ3n) is 4.45. The molecule has 0 aliphatic rings. The molecule has 0 aliphatic carbocycles. The fourth-order valence-corrected chi connectivity index (χ4v) is 2.86. The van der Waals surface area contributed by atoms with Gasteiger partial charge >= 0.3 is 6.09 Å². The fraction of sp³-hybridized carbons (Fsp3) is 0.550. The molecule has 0 N–H and O–H groups in total. The number of hydrogen-bond acceptors (Lipinski definition) is 2. The van der Waals surface area contributed by atoms with Crippen LogP contribution in [0.4, 0.5) is 4.79 Å². The molecule has 0 saturated carbocycles. The Morgan fingerprint density at radius 1 is 1.26 bits per heavy atom. The summed E-state index contributed by atoms with van der Waals surface area (Å²) < 4.78 is 6.10. The molecule has 0 radical (unpaired) electrons.